The van der Waals surface area contributed by atoms with Gasteiger partial charge in [-0.1, -0.05) is 47.7 Å². The van der Waals surface area contributed by atoms with Crippen molar-refractivity contribution in [3.63, 3.8) is 0 Å². The third-order valence-corrected chi connectivity index (χ3v) is 5.28. The molecule has 2 heterocycles. The summed E-state index contributed by atoms with van der Waals surface area (Å²) in [5.74, 6) is 1.54. The third-order valence-electron chi connectivity index (χ3n) is 4.34. The van der Waals surface area contributed by atoms with Crippen molar-refractivity contribution in [3.05, 3.63) is 66.7 Å². The first-order chi connectivity index (χ1) is 12.8. The maximum atomic E-state index is 5.21. The predicted molar refractivity (Wildman–Crippen MR) is 104 cm³/mol. The molecule has 0 saturated heterocycles. The largest absolute Gasteiger partial charge is 0.497 e. The number of aromatic nitrogens is 4. The van der Waals surface area contributed by atoms with Gasteiger partial charge in [0.15, 0.2) is 5.82 Å². The number of nitrogens with zero attached hydrogens (tertiary/aromatic N) is 4. The normalized spacial score (nSPS) is 11.3. The summed E-state index contributed by atoms with van der Waals surface area (Å²) in [5, 5.41) is 16.7. The van der Waals surface area contributed by atoms with E-state index in [1.807, 2.05) is 36.4 Å². The second-order valence-electron chi connectivity index (χ2n) is 5.92. The second-order valence-corrected chi connectivity index (χ2v) is 6.87. The second kappa shape index (κ2) is 5.93. The van der Waals surface area contributed by atoms with E-state index in [4.69, 9.17) is 9.84 Å². The average molecular weight is 358 g/mol. The van der Waals surface area contributed by atoms with Gasteiger partial charge in [-0.2, -0.15) is 9.61 Å². The fraction of sp³-hybridized carbons (Fsp3) is 0.0500. The Morgan fingerprint density at radius 1 is 0.846 bits per heavy atom. The number of ether oxygens (including phenoxy) is 1. The highest BCUT2D eigenvalue weighted by molar-refractivity contribution is 7.19. The van der Waals surface area contributed by atoms with Crippen molar-refractivity contribution in [1.29, 1.82) is 0 Å². The number of hydrogen-bond acceptors (Lipinski definition) is 5. The van der Waals surface area contributed by atoms with E-state index in [2.05, 4.69) is 40.5 Å². The molecule has 2 aromatic heterocycles. The van der Waals surface area contributed by atoms with E-state index in [0.717, 1.165) is 32.7 Å². The van der Waals surface area contributed by atoms with Gasteiger partial charge in [-0.3, -0.25) is 0 Å². The van der Waals surface area contributed by atoms with E-state index in [1.54, 1.807) is 11.6 Å². The molecule has 0 unspecified atom stereocenters. The molecular weight excluding hydrogens is 344 g/mol. The van der Waals surface area contributed by atoms with Crippen LogP contribution in [-0.2, 0) is 0 Å². The van der Waals surface area contributed by atoms with Crippen LogP contribution in [0.15, 0.2) is 66.7 Å². The molecule has 0 aliphatic heterocycles. The van der Waals surface area contributed by atoms with Crippen LogP contribution >= 0.6 is 11.3 Å². The molecule has 6 heteroatoms. The Morgan fingerprint density at radius 2 is 1.62 bits per heavy atom. The van der Waals surface area contributed by atoms with E-state index in [0.29, 0.717) is 0 Å². The monoisotopic (exact) mass is 358 g/mol. The predicted octanol–water partition coefficient (Wildman–Crippen LogP) is 4.68. The molecule has 0 atom stereocenters. The quantitative estimate of drug-likeness (QED) is 0.470. The van der Waals surface area contributed by atoms with Crippen LogP contribution in [0.3, 0.4) is 0 Å². The fourth-order valence-electron chi connectivity index (χ4n) is 2.98. The standard InChI is InChI=1S/C20H14N4OS/c1-25-17-10-8-14(9-11-17)18-21-22-20-24(18)23-19(26-20)16-7-6-13-4-2-3-5-15(13)12-16/h2-12H,1H3. The first-order valence-electron chi connectivity index (χ1n) is 8.18. The van der Waals surface area contributed by atoms with Crippen molar-refractivity contribution >= 4 is 27.1 Å². The zero-order valence-corrected chi connectivity index (χ0v) is 14.8. The highest BCUT2D eigenvalue weighted by Crippen LogP contribution is 2.30. The summed E-state index contributed by atoms with van der Waals surface area (Å²) in [6.07, 6.45) is 0. The van der Waals surface area contributed by atoms with Crippen LogP contribution < -0.4 is 4.74 Å². The van der Waals surface area contributed by atoms with Crippen molar-refractivity contribution in [3.8, 4) is 27.7 Å². The van der Waals surface area contributed by atoms with Crippen molar-refractivity contribution < 1.29 is 4.74 Å². The number of methoxy groups -OCH3 is 1. The first-order valence-corrected chi connectivity index (χ1v) is 8.99. The Kier molecular flexibility index (Phi) is 3.43. The maximum absolute atomic E-state index is 5.21. The highest BCUT2D eigenvalue weighted by atomic mass is 32.1. The van der Waals surface area contributed by atoms with Gasteiger partial charge in [-0.15, -0.1) is 10.2 Å². The minimum atomic E-state index is 0.728. The molecule has 0 aliphatic carbocycles. The van der Waals surface area contributed by atoms with Gasteiger partial charge >= 0.3 is 0 Å². The van der Waals surface area contributed by atoms with E-state index in [-0.39, 0.29) is 0 Å². The van der Waals surface area contributed by atoms with Crippen LogP contribution in [0.2, 0.25) is 0 Å². The fourth-order valence-corrected chi connectivity index (χ4v) is 3.81. The highest BCUT2D eigenvalue weighted by Gasteiger charge is 2.14. The molecular formula is C20H14N4OS. The molecule has 0 aliphatic rings. The van der Waals surface area contributed by atoms with Gasteiger partial charge in [0.2, 0.25) is 4.96 Å². The Morgan fingerprint density at radius 3 is 2.42 bits per heavy atom. The van der Waals surface area contributed by atoms with Crippen molar-refractivity contribution in [1.82, 2.24) is 19.8 Å². The molecule has 3 aromatic carbocycles. The maximum Gasteiger partial charge on any atom is 0.235 e. The molecule has 5 rings (SSSR count). The van der Waals surface area contributed by atoms with Crippen molar-refractivity contribution in [2.45, 2.75) is 0 Å². The molecule has 0 bridgehead atoms. The van der Waals surface area contributed by atoms with Gasteiger partial charge in [-0.05, 0) is 41.1 Å². The first kappa shape index (κ1) is 15.0. The van der Waals surface area contributed by atoms with Crippen molar-refractivity contribution in [2.24, 2.45) is 0 Å². The van der Waals surface area contributed by atoms with E-state index >= 15 is 0 Å². The van der Waals surface area contributed by atoms with Gasteiger partial charge in [-0.25, -0.2) is 0 Å². The minimum Gasteiger partial charge on any atom is -0.497 e. The van der Waals surface area contributed by atoms with Crippen molar-refractivity contribution in [2.75, 3.05) is 7.11 Å². The van der Waals surface area contributed by atoms with Gasteiger partial charge in [0.1, 0.15) is 10.8 Å². The molecule has 0 fully saturated rings. The average Bonchev–Trinajstić information content (AvgIpc) is 3.28. The lowest BCUT2D eigenvalue weighted by Crippen LogP contribution is -1.91. The van der Waals surface area contributed by atoms with Crippen LogP contribution in [0.1, 0.15) is 0 Å². The summed E-state index contributed by atoms with van der Waals surface area (Å²) < 4.78 is 7.02. The lowest BCUT2D eigenvalue weighted by molar-refractivity contribution is 0.415. The minimum absolute atomic E-state index is 0.728. The van der Waals surface area contributed by atoms with Crippen LogP contribution in [0.25, 0.3) is 37.7 Å². The molecule has 0 spiro atoms. The zero-order chi connectivity index (χ0) is 17.5. The molecule has 0 N–H and O–H groups in total. The topological polar surface area (TPSA) is 52.3 Å². The summed E-state index contributed by atoms with van der Waals surface area (Å²) in [6.45, 7) is 0. The Balaban J connectivity index is 1.60. The summed E-state index contributed by atoms with van der Waals surface area (Å²) in [4.78, 5) is 0.777. The third kappa shape index (κ3) is 2.43. The molecule has 26 heavy (non-hydrogen) atoms. The zero-order valence-electron chi connectivity index (χ0n) is 14.0. The summed E-state index contributed by atoms with van der Waals surface area (Å²) in [7, 11) is 1.65. The molecule has 0 radical (unpaired) electrons. The van der Waals surface area contributed by atoms with Gasteiger partial charge in [0, 0.05) is 11.1 Å². The Labute approximate surface area is 153 Å². The molecule has 0 amide bonds. The summed E-state index contributed by atoms with van der Waals surface area (Å²) in [5.41, 5.74) is 2.04. The van der Waals surface area contributed by atoms with Gasteiger partial charge in [0.05, 0.1) is 7.11 Å². The van der Waals surface area contributed by atoms with Gasteiger partial charge < -0.3 is 4.74 Å². The molecule has 126 valence electrons. The number of fused-ring (bicyclic) bond motifs is 2. The number of hydrogen-bond donors (Lipinski definition) is 0. The van der Waals surface area contributed by atoms with E-state index in [9.17, 15) is 0 Å². The van der Waals surface area contributed by atoms with Crippen LogP contribution in [0.5, 0.6) is 5.75 Å². The smallest absolute Gasteiger partial charge is 0.235 e. The SMILES string of the molecule is COc1ccc(-c2nnc3sc(-c4ccc5ccccc5c4)nn23)cc1. The molecule has 0 saturated carbocycles. The summed E-state index contributed by atoms with van der Waals surface area (Å²) >= 11 is 1.54. The lowest BCUT2D eigenvalue weighted by atomic mass is 10.1. The van der Waals surface area contributed by atoms with Gasteiger partial charge in [0.25, 0.3) is 0 Å². The summed E-state index contributed by atoms with van der Waals surface area (Å²) in [6, 6.07) is 22.4. The van der Waals surface area contributed by atoms with Crippen LogP contribution in [-0.4, -0.2) is 26.9 Å². The van der Waals surface area contributed by atoms with E-state index < -0.39 is 0 Å². The Bertz CT molecular complexity index is 1220. The lowest BCUT2D eigenvalue weighted by Gasteiger charge is -2.01. The van der Waals surface area contributed by atoms with E-state index in [1.165, 1.54) is 22.1 Å². The van der Waals surface area contributed by atoms with Crippen LogP contribution in [0.4, 0.5) is 0 Å². The number of rotatable bonds is 3. The number of benzene rings is 3. The molecule has 5 nitrogen and oxygen atoms in total. The molecule has 5 aromatic rings. The van der Waals surface area contributed by atoms with Crippen LogP contribution in [0, 0.1) is 0 Å². The Hall–Kier alpha value is -3.25.